The van der Waals surface area contributed by atoms with Crippen LogP contribution >= 0.6 is 11.3 Å². The number of hydrogen-bond donors (Lipinski definition) is 3. The maximum atomic E-state index is 12.0. The first-order valence-corrected chi connectivity index (χ1v) is 8.43. The maximum absolute atomic E-state index is 12.0. The van der Waals surface area contributed by atoms with Crippen molar-refractivity contribution in [3.05, 3.63) is 41.4 Å². The lowest BCUT2D eigenvalue weighted by molar-refractivity contribution is -0.116. The first-order chi connectivity index (χ1) is 11.2. The molecule has 0 radical (unpaired) electrons. The fourth-order valence-electron chi connectivity index (χ4n) is 2.53. The third-order valence-corrected chi connectivity index (χ3v) is 4.37. The van der Waals surface area contributed by atoms with Gasteiger partial charge >= 0.3 is 0 Å². The molecular formula is C16H18N4O2S. The Bertz CT molecular complexity index is 664. The molecule has 1 aromatic carbocycles. The lowest BCUT2D eigenvalue weighted by atomic mass is 10.1. The highest BCUT2D eigenvalue weighted by Gasteiger charge is 2.17. The van der Waals surface area contributed by atoms with Crippen molar-refractivity contribution >= 4 is 34.0 Å². The summed E-state index contributed by atoms with van der Waals surface area (Å²) >= 11 is 1.37. The van der Waals surface area contributed by atoms with Crippen LogP contribution in [0.25, 0.3) is 0 Å². The van der Waals surface area contributed by atoms with E-state index in [2.05, 4.69) is 20.9 Å². The van der Waals surface area contributed by atoms with E-state index in [4.69, 9.17) is 0 Å². The molecule has 3 N–H and O–H groups in total. The monoisotopic (exact) mass is 330 g/mol. The molecule has 1 aromatic heterocycles. The smallest absolute Gasteiger partial charge is 0.257 e. The Hall–Kier alpha value is -2.25. The maximum Gasteiger partial charge on any atom is 0.257 e. The summed E-state index contributed by atoms with van der Waals surface area (Å²) in [6, 6.07) is 7.12. The fraction of sp³-hybridized carbons (Fsp3) is 0.312. The number of aromatic nitrogens is 1. The van der Waals surface area contributed by atoms with Gasteiger partial charge in [0, 0.05) is 35.3 Å². The van der Waals surface area contributed by atoms with Crippen LogP contribution in [0.1, 0.15) is 29.6 Å². The van der Waals surface area contributed by atoms with Gasteiger partial charge in [0.1, 0.15) is 0 Å². The van der Waals surface area contributed by atoms with Crippen molar-refractivity contribution in [2.45, 2.75) is 25.3 Å². The van der Waals surface area contributed by atoms with Crippen LogP contribution in [-0.2, 0) is 4.79 Å². The minimum atomic E-state index is -0.215. The second kappa shape index (κ2) is 7.34. The average molecular weight is 330 g/mol. The summed E-state index contributed by atoms with van der Waals surface area (Å²) in [5.74, 6) is -0.225. The molecule has 2 heterocycles. The third kappa shape index (κ3) is 4.37. The van der Waals surface area contributed by atoms with Gasteiger partial charge in [-0.15, -0.1) is 11.3 Å². The second-order valence-electron chi connectivity index (χ2n) is 5.41. The minimum Gasteiger partial charge on any atom is -0.326 e. The minimum absolute atomic E-state index is 0.00983. The number of thiazole rings is 1. The van der Waals surface area contributed by atoms with Gasteiger partial charge < -0.3 is 10.6 Å². The number of amides is 2. The standard InChI is InChI=1S/C16H18N4O2S/c21-14(10-13-2-1-7-17-13)19-12-5-3-11(4-6-12)15(22)20-16-18-8-9-23-16/h3-6,8-9,13,17H,1-2,7,10H2,(H,19,21)(H,18,20,22). The van der Waals surface area contributed by atoms with Gasteiger partial charge in [0.2, 0.25) is 5.91 Å². The van der Waals surface area contributed by atoms with Gasteiger partial charge in [-0.2, -0.15) is 0 Å². The summed E-state index contributed by atoms with van der Waals surface area (Å²) in [4.78, 5) is 28.0. The highest BCUT2D eigenvalue weighted by molar-refractivity contribution is 7.13. The lowest BCUT2D eigenvalue weighted by Gasteiger charge is -2.10. The molecule has 1 unspecified atom stereocenters. The first-order valence-electron chi connectivity index (χ1n) is 7.55. The molecule has 7 heteroatoms. The fourth-order valence-corrected chi connectivity index (χ4v) is 3.05. The topological polar surface area (TPSA) is 83.1 Å². The van der Waals surface area contributed by atoms with E-state index in [-0.39, 0.29) is 17.9 Å². The van der Waals surface area contributed by atoms with Gasteiger partial charge in [0.15, 0.2) is 5.13 Å². The normalized spacial score (nSPS) is 17.0. The number of benzene rings is 1. The molecule has 0 aliphatic carbocycles. The molecule has 1 aliphatic heterocycles. The average Bonchev–Trinajstić information content (AvgIpc) is 3.21. The Kier molecular flexibility index (Phi) is 4.99. The number of carbonyl (C=O) groups excluding carboxylic acids is 2. The zero-order chi connectivity index (χ0) is 16.1. The quantitative estimate of drug-likeness (QED) is 0.786. The largest absolute Gasteiger partial charge is 0.326 e. The second-order valence-corrected chi connectivity index (χ2v) is 6.31. The molecule has 120 valence electrons. The van der Waals surface area contributed by atoms with E-state index in [1.54, 1.807) is 35.8 Å². The molecule has 23 heavy (non-hydrogen) atoms. The van der Waals surface area contributed by atoms with Crippen molar-refractivity contribution in [1.29, 1.82) is 0 Å². The molecule has 3 rings (SSSR count). The van der Waals surface area contributed by atoms with Gasteiger partial charge in [-0.3, -0.25) is 14.9 Å². The van der Waals surface area contributed by atoms with Gasteiger partial charge in [0.25, 0.3) is 5.91 Å². The van der Waals surface area contributed by atoms with E-state index in [9.17, 15) is 9.59 Å². The first kappa shape index (κ1) is 15.6. The molecule has 1 saturated heterocycles. The molecule has 1 atom stereocenters. The summed E-state index contributed by atoms with van der Waals surface area (Å²) in [6.07, 6.45) is 4.29. The summed E-state index contributed by atoms with van der Waals surface area (Å²) in [6.45, 7) is 0.987. The molecule has 0 bridgehead atoms. The van der Waals surface area contributed by atoms with Crippen LogP contribution in [0, 0.1) is 0 Å². The van der Waals surface area contributed by atoms with Crippen molar-refractivity contribution < 1.29 is 9.59 Å². The van der Waals surface area contributed by atoms with Crippen molar-refractivity contribution in [2.75, 3.05) is 17.2 Å². The Balaban J connectivity index is 1.54. The molecule has 0 saturated carbocycles. The SMILES string of the molecule is O=C(CC1CCCN1)Nc1ccc(C(=O)Nc2nccs2)cc1. The Morgan fingerprint density at radius 1 is 1.26 bits per heavy atom. The molecular weight excluding hydrogens is 312 g/mol. The van der Waals surface area contributed by atoms with Crippen LogP contribution in [0.2, 0.25) is 0 Å². The van der Waals surface area contributed by atoms with Crippen LogP contribution in [0.5, 0.6) is 0 Å². The van der Waals surface area contributed by atoms with Gasteiger partial charge in [-0.1, -0.05) is 0 Å². The zero-order valence-electron chi connectivity index (χ0n) is 12.5. The number of anilines is 2. The highest BCUT2D eigenvalue weighted by Crippen LogP contribution is 2.15. The summed E-state index contributed by atoms with van der Waals surface area (Å²) in [5, 5.41) is 11.2. The molecule has 1 aliphatic rings. The Labute approximate surface area is 138 Å². The summed E-state index contributed by atoms with van der Waals surface area (Å²) in [7, 11) is 0. The van der Waals surface area contributed by atoms with Gasteiger partial charge in [-0.25, -0.2) is 4.98 Å². The van der Waals surface area contributed by atoms with E-state index in [0.717, 1.165) is 19.4 Å². The number of rotatable bonds is 5. The predicted octanol–water partition coefficient (Wildman–Crippen LogP) is 2.48. The molecule has 2 amide bonds. The van der Waals surface area contributed by atoms with Crippen LogP contribution in [0.4, 0.5) is 10.8 Å². The number of nitrogens with zero attached hydrogens (tertiary/aromatic N) is 1. The number of carbonyl (C=O) groups is 2. The molecule has 2 aromatic rings. The molecule has 0 spiro atoms. The number of hydrogen-bond acceptors (Lipinski definition) is 5. The van der Waals surface area contributed by atoms with E-state index >= 15 is 0 Å². The number of nitrogens with one attached hydrogen (secondary N) is 3. The van der Waals surface area contributed by atoms with Crippen LogP contribution in [0.15, 0.2) is 35.8 Å². The van der Waals surface area contributed by atoms with Crippen molar-refractivity contribution in [2.24, 2.45) is 0 Å². The van der Waals surface area contributed by atoms with E-state index < -0.39 is 0 Å². The van der Waals surface area contributed by atoms with Crippen molar-refractivity contribution in [1.82, 2.24) is 10.3 Å². The van der Waals surface area contributed by atoms with E-state index in [1.807, 2.05) is 0 Å². The van der Waals surface area contributed by atoms with Crippen molar-refractivity contribution in [3.8, 4) is 0 Å². The van der Waals surface area contributed by atoms with E-state index in [1.165, 1.54) is 11.3 Å². The third-order valence-electron chi connectivity index (χ3n) is 3.68. The van der Waals surface area contributed by atoms with Crippen LogP contribution < -0.4 is 16.0 Å². The Morgan fingerprint density at radius 3 is 2.74 bits per heavy atom. The molecule has 1 fully saturated rings. The van der Waals surface area contributed by atoms with Crippen LogP contribution in [-0.4, -0.2) is 29.4 Å². The predicted molar refractivity (Wildman–Crippen MR) is 90.8 cm³/mol. The summed E-state index contributed by atoms with van der Waals surface area (Å²) < 4.78 is 0. The Morgan fingerprint density at radius 2 is 2.09 bits per heavy atom. The molecule has 6 nitrogen and oxygen atoms in total. The zero-order valence-corrected chi connectivity index (χ0v) is 13.4. The van der Waals surface area contributed by atoms with Gasteiger partial charge in [-0.05, 0) is 43.7 Å². The van der Waals surface area contributed by atoms with Crippen LogP contribution in [0.3, 0.4) is 0 Å². The van der Waals surface area contributed by atoms with Crippen molar-refractivity contribution in [3.63, 3.8) is 0 Å². The lowest BCUT2D eigenvalue weighted by Crippen LogP contribution is -2.27. The highest BCUT2D eigenvalue weighted by atomic mass is 32.1. The summed E-state index contributed by atoms with van der Waals surface area (Å²) in [5.41, 5.74) is 1.22. The van der Waals surface area contributed by atoms with Gasteiger partial charge in [0.05, 0.1) is 0 Å². The van der Waals surface area contributed by atoms with E-state index in [0.29, 0.717) is 22.8 Å².